The van der Waals surface area contributed by atoms with Crippen LogP contribution in [0.15, 0.2) is 30.5 Å². The third-order valence-electron chi connectivity index (χ3n) is 4.54. The number of ether oxygens (including phenoxy) is 2. The van der Waals surface area contributed by atoms with Gasteiger partial charge in [0.05, 0.1) is 12.2 Å². The van der Waals surface area contributed by atoms with E-state index in [2.05, 4.69) is 9.97 Å². The van der Waals surface area contributed by atoms with Crippen molar-refractivity contribution in [3.05, 3.63) is 36.0 Å². The van der Waals surface area contributed by atoms with Crippen molar-refractivity contribution >= 4 is 11.5 Å². The summed E-state index contributed by atoms with van der Waals surface area (Å²) >= 11 is 0. The van der Waals surface area contributed by atoms with Gasteiger partial charge in [-0.3, -0.25) is 0 Å². The highest BCUT2D eigenvalue weighted by Crippen LogP contribution is 2.38. The molecule has 28 heavy (non-hydrogen) atoms. The largest absolute Gasteiger partial charge is 0.490 e. The average Bonchev–Trinajstić information content (AvgIpc) is 3.13. The Labute approximate surface area is 162 Å². The summed E-state index contributed by atoms with van der Waals surface area (Å²) in [7, 11) is 1.53. The van der Waals surface area contributed by atoms with Crippen molar-refractivity contribution in [3.8, 4) is 11.8 Å². The lowest BCUT2D eigenvalue weighted by molar-refractivity contribution is -0.137. The maximum absolute atomic E-state index is 13.4. The number of aromatic nitrogens is 2. The number of rotatable bonds is 6. The van der Waals surface area contributed by atoms with E-state index in [0.717, 1.165) is 19.0 Å². The van der Waals surface area contributed by atoms with E-state index in [4.69, 9.17) is 9.47 Å². The molecular formula is C20H24F3N3O2. The zero-order valence-electron chi connectivity index (χ0n) is 16.2. The number of anilines is 2. The van der Waals surface area contributed by atoms with Gasteiger partial charge in [-0.05, 0) is 63.8 Å². The number of hydrogen-bond acceptors (Lipinski definition) is 5. The van der Waals surface area contributed by atoms with Gasteiger partial charge in [0, 0.05) is 18.9 Å². The molecule has 1 fully saturated rings. The minimum atomic E-state index is -4.58. The van der Waals surface area contributed by atoms with E-state index in [9.17, 15) is 13.2 Å². The van der Waals surface area contributed by atoms with Gasteiger partial charge >= 0.3 is 12.2 Å². The molecule has 1 aromatic heterocycles. The van der Waals surface area contributed by atoms with Crippen molar-refractivity contribution in [1.82, 2.24) is 9.97 Å². The minimum absolute atomic E-state index is 0.0916. The third kappa shape index (κ3) is 4.85. The van der Waals surface area contributed by atoms with E-state index in [0.29, 0.717) is 11.4 Å². The maximum Gasteiger partial charge on any atom is 0.421 e. The Morgan fingerprint density at radius 3 is 2.32 bits per heavy atom. The predicted molar refractivity (Wildman–Crippen MR) is 100 cm³/mol. The topological polar surface area (TPSA) is 47.5 Å². The van der Waals surface area contributed by atoms with E-state index in [-0.39, 0.29) is 24.0 Å². The molecule has 3 rings (SSSR count). The first-order chi connectivity index (χ1) is 13.2. The highest BCUT2D eigenvalue weighted by Gasteiger charge is 2.37. The van der Waals surface area contributed by atoms with Gasteiger partial charge in [0.15, 0.2) is 5.82 Å². The van der Waals surface area contributed by atoms with Crippen molar-refractivity contribution in [1.29, 1.82) is 0 Å². The Bertz CT molecular complexity index is 788. The molecule has 1 heterocycles. The monoisotopic (exact) mass is 395 g/mol. The van der Waals surface area contributed by atoms with Crippen LogP contribution in [0.3, 0.4) is 0 Å². The molecule has 5 nitrogen and oxygen atoms in total. The number of nitrogens with zero attached hydrogens (tertiary/aromatic N) is 3. The van der Waals surface area contributed by atoms with Gasteiger partial charge in [-0.25, -0.2) is 4.98 Å². The molecular weight excluding hydrogens is 371 g/mol. The van der Waals surface area contributed by atoms with Crippen molar-refractivity contribution in [2.45, 2.75) is 57.9 Å². The Kier molecular flexibility index (Phi) is 5.96. The molecule has 1 aromatic carbocycles. The summed E-state index contributed by atoms with van der Waals surface area (Å²) in [4.78, 5) is 9.07. The zero-order chi connectivity index (χ0) is 20.3. The van der Waals surface area contributed by atoms with Gasteiger partial charge in [0.25, 0.3) is 0 Å². The SMILES string of the molecule is CC(C)Oc1ncc(C(F)(F)F)c(N(C)c2ccc(OC3CCCC3)cc2)n1. The lowest BCUT2D eigenvalue weighted by Crippen LogP contribution is -2.20. The van der Waals surface area contributed by atoms with Gasteiger partial charge in [0.2, 0.25) is 0 Å². The Hall–Kier alpha value is -2.51. The number of benzene rings is 1. The van der Waals surface area contributed by atoms with E-state index in [1.807, 2.05) is 0 Å². The standard InChI is InChI=1S/C20H24F3N3O2/c1-13(2)27-19-24-12-17(20(21,22)23)18(25-19)26(3)14-8-10-16(11-9-14)28-15-6-4-5-7-15/h8-13,15H,4-7H2,1-3H3. The lowest BCUT2D eigenvalue weighted by Gasteiger charge is -2.23. The van der Waals surface area contributed by atoms with Crippen LogP contribution < -0.4 is 14.4 Å². The minimum Gasteiger partial charge on any atom is -0.490 e. The van der Waals surface area contributed by atoms with E-state index < -0.39 is 11.7 Å². The fourth-order valence-corrected chi connectivity index (χ4v) is 3.15. The number of halogens is 3. The fraction of sp³-hybridized carbons (Fsp3) is 0.500. The van der Waals surface area contributed by atoms with Crippen LogP contribution in [0.1, 0.15) is 45.1 Å². The average molecular weight is 395 g/mol. The van der Waals surface area contributed by atoms with Crippen LogP contribution in [0, 0.1) is 0 Å². The summed E-state index contributed by atoms with van der Waals surface area (Å²) in [6.45, 7) is 3.51. The maximum atomic E-state index is 13.4. The van der Waals surface area contributed by atoms with Gasteiger partial charge in [0.1, 0.15) is 11.3 Å². The molecule has 0 N–H and O–H groups in total. The summed E-state index contributed by atoms with van der Waals surface area (Å²) in [5.41, 5.74) is -0.365. The van der Waals surface area contributed by atoms with Gasteiger partial charge in [-0.1, -0.05) is 0 Å². The lowest BCUT2D eigenvalue weighted by atomic mass is 10.2. The van der Waals surface area contributed by atoms with Crippen molar-refractivity contribution < 1.29 is 22.6 Å². The third-order valence-corrected chi connectivity index (χ3v) is 4.54. The summed E-state index contributed by atoms with van der Waals surface area (Å²) in [5.74, 6) is 0.453. The first-order valence-electron chi connectivity index (χ1n) is 9.35. The molecule has 1 aliphatic carbocycles. The highest BCUT2D eigenvalue weighted by atomic mass is 19.4. The molecule has 0 saturated heterocycles. The van der Waals surface area contributed by atoms with Crippen LogP contribution in [0.4, 0.5) is 24.7 Å². The van der Waals surface area contributed by atoms with E-state index >= 15 is 0 Å². The zero-order valence-corrected chi connectivity index (χ0v) is 16.2. The molecule has 2 aromatic rings. The summed E-state index contributed by atoms with van der Waals surface area (Å²) in [6.07, 6.45) is 0.562. The van der Waals surface area contributed by atoms with E-state index in [1.165, 1.54) is 24.8 Å². The fourth-order valence-electron chi connectivity index (χ4n) is 3.15. The van der Waals surface area contributed by atoms with Crippen LogP contribution >= 0.6 is 0 Å². The molecule has 0 aliphatic heterocycles. The van der Waals surface area contributed by atoms with Gasteiger partial charge in [-0.2, -0.15) is 18.2 Å². The molecule has 0 unspecified atom stereocenters. The highest BCUT2D eigenvalue weighted by molar-refractivity contribution is 5.63. The number of alkyl halides is 3. The first-order valence-corrected chi connectivity index (χ1v) is 9.35. The Balaban J connectivity index is 1.86. The second kappa shape index (κ2) is 8.24. The molecule has 0 amide bonds. The molecule has 0 spiro atoms. The second-order valence-corrected chi connectivity index (χ2v) is 7.13. The van der Waals surface area contributed by atoms with Crippen molar-refractivity contribution in [2.75, 3.05) is 11.9 Å². The van der Waals surface area contributed by atoms with Crippen LogP contribution in [-0.4, -0.2) is 29.2 Å². The normalized spacial score (nSPS) is 15.1. The van der Waals surface area contributed by atoms with Crippen molar-refractivity contribution in [3.63, 3.8) is 0 Å². The van der Waals surface area contributed by atoms with Crippen LogP contribution in [0.2, 0.25) is 0 Å². The summed E-state index contributed by atoms with van der Waals surface area (Å²) in [5, 5.41) is 0. The molecule has 0 bridgehead atoms. The van der Waals surface area contributed by atoms with Crippen LogP contribution in [0.5, 0.6) is 11.8 Å². The molecule has 0 radical (unpaired) electrons. The van der Waals surface area contributed by atoms with Crippen molar-refractivity contribution in [2.24, 2.45) is 0 Å². The second-order valence-electron chi connectivity index (χ2n) is 7.13. The smallest absolute Gasteiger partial charge is 0.421 e. The molecule has 152 valence electrons. The summed E-state index contributed by atoms with van der Waals surface area (Å²) < 4.78 is 51.6. The molecule has 8 heteroatoms. The van der Waals surface area contributed by atoms with Gasteiger partial charge < -0.3 is 14.4 Å². The Morgan fingerprint density at radius 1 is 1.11 bits per heavy atom. The van der Waals surface area contributed by atoms with Crippen LogP contribution in [0.25, 0.3) is 0 Å². The van der Waals surface area contributed by atoms with Gasteiger partial charge in [-0.15, -0.1) is 0 Å². The molecule has 0 atom stereocenters. The molecule has 1 saturated carbocycles. The van der Waals surface area contributed by atoms with Crippen LogP contribution in [-0.2, 0) is 6.18 Å². The Morgan fingerprint density at radius 2 is 1.75 bits per heavy atom. The van der Waals surface area contributed by atoms with E-state index in [1.54, 1.807) is 38.1 Å². The molecule has 1 aliphatic rings. The number of hydrogen-bond donors (Lipinski definition) is 0. The predicted octanol–water partition coefficient (Wildman–Crippen LogP) is 5.37. The summed E-state index contributed by atoms with van der Waals surface area (Å²) in [6, 6.07) is 6.88. The quantitative estimate of drug-likeness (QED) is 0.658. The first kappa shape index (κ1) is 20.2.